The summed E-state index contributed by atoms with van der Waals surface area (Å²) in [5.41, 5.74) is 3.01. The number of rotatable bonds is 8. The second-order valence-corrected chi connectivity index (χ2v) is 6.51. The predicted octanol–water partition coefficient (Wildman–Crippen LogP) is 4.35. The summed E-state index contributed by atoms with van der Waals surface area (Å²) in [7, 11) is 0. The van der Waals surface area contributed by atoms with Crippen molar-refractivity contribution in [3.05, 3.63) is 95.8 Å². The predicted molar refractivity (Wildman–Crippen MR) is 115 cm³/mol. The number of halogens is 2. The fourth-order valence-electron chi connectivity index (χ4n) is 2.91. The van der Waals surface area contributed by atoms with Crippen LogP contribution in [0.4, 0.5) is 4.39 Å². The quantitative estimate of drug-likeness (QED) is 0.425. The zero-order valence-electron chi connectivity index (χ0n) is 16.1. The number of tetrazole rings is 1. The van der Waals surface area contributed by atoms with Crippen molar-refractivity contribution in [1.82, 2.24) is 25.5 Å². The van der Waals surface area contributed by atoms with Gasteiger partial charge in [-0.05, 0) is 70.9 Å². The van der Waals surface area contributed by atoms with Gasteiger partial charge in [-0.2, -0.15) is 4.68 Å². The summed E-state index contributed by atoms with van der Waals surface area (Å²) >= 11 is 0. The minimum Gasteiger partial charge on any atom is -0.423 e. The summed E-state index contributed by atoms with van der Waals surface area (Å²) < 4.78 is 20.4. The lowest BCUT2D eigenvalue weighted by molar-refractivity contribution is 0.426. The molecule has 0 atom stereocenters. The van der Waals surface area contributed by atoms with E-state index in [1.165, 1.54) is 12.1 Å². The van der Waals surface area contributed by atoms with E-state index in [0.717, 1.165) is 29.8 Å². The molecule has 6 nitrogen and oxygen atoms in total. The molecule has 4 rings (SSSR count). The van der Waals surface area contributed by atoms with Crippen LogP contribution in [0, 0.1) is 5.82 Å². The number of hydrogen-bond donors (Lipinski definition) is 1. The number of ether oxygens (including phenoxy) is 1. The molecule has 1 heterocycles. The first-order valence-corrected chi connectivity index (χ1v) is 9.34. The van der Waals surface area contributed by atoms with Crippen LogP contribution in [0.15, 0.2) is 78.9 Å². The normalized spacial score (nSPS) is 10.4. The van der Waals surface area contributed by atoms with E-state index < -0.39 is 0 Å². The van der Waals surface area contributed by atoms with Gasteiger partial charge in [0.2, 0.25) is 0 Å². The average molecular weight is 426 g/mol. The van der Waals surface area contributed by atoms with Gasteiger partial charge >= 0.3 is 6.01 Å². The van der Waals surface area contributed by atoms with Crippen LogP contribution in [0.25, 0.3) is 5.69 Å². The standard InChI is InChI=1S/C22H20FN5O.ClH/c23-19-11-9-17(10-12-19)13-14-24-16-18-5-4-8-21(15-18)29-22-25-26-27-28(22)20-6-2-1-3-7-20;/h1-12,15,24H,13-14,16H2;1H. The Morgan fingerprint density at radius 1 is 0.900 bits per heavy atom. The maximum absolute atomic E-state index is 12.9. The Labute approximate surface area is 180 Å². The maximum Gasteiger partial charge on any atom is 0.345 e. The Morgan fingerprint density at radius 2 is 1.70 bits per heavy atom. The average Bonchev–Trinajstić information content (AvgIpc) is 3.21. The van der Waals surface area contributed by atoms with Gasteiger partial charge in [0.25, 0.3) is 0 Å². The zero-order valence-corrected chi connectivity index (χ0v) is 16.9. The molecule has 154 valence electrons. The minimum absolute atomic E-state index is 0. The molecule has 0 radical (unpaired) electrons. The van der Waals surface area contributed by atoms with Crippen molar-refractivity contribution >= 4 is 12.4 Å². The minimum atomic E-state index is -0.211. The topological polar surface area (TPSA) is 64.9 Å². The highest BCUT2D eigenvalue weighted by Gasteiger charge is 2.10. The van der Waals surface area contributed by atoms with Crippen LogP contribution in [0.2, 0.25) is 0 Å². The van der Waals surface area contributed by atoms with Crippen molar-refractivity contribution in [1.29, 1.82) is 0 Å². The molecule has 0 bridgehead atoms. The fourth-order valence-corrected chi connectivity index (χ4v) is 2.91. The number of aromatic nitrogens is 4. The number of hydrogen-bond acceptors (Lipinski definition) is 5. The van der Waals surface area contributed by atoms with E-state index in [9.17, 15) is 4.39 Å². The largest absolute Gasteiger partial charge is 0.423 e. The SMILES string of the molecule is Cl.Fc1ccc(CCNCc2cccc(Oc3nnnn3-c3ccccc3)c2)cc1. The molecule has 0 saturated carbocycles. The molecule has 0 unspecified atom stereocenters. The molecule has 0 aliphatic heterocycles. The van der Waals surface area contributed by atoms with E-state index in [1.54, 1.807) is 4.68 Å². The van der Waals surface area contributed by atoms with Crippen molar-refractivity contribution < 1.29 is 9.13 Å². The molecule has 0 aliphatic rings. The number of nitrogens with zero attached hydrogens (tertiary/aromatic N) is 4. The van der Waals surface area contributed by atoms with E-state index in [-0.39, 0.29) is 18.2 Å². The van der Waals surface area contributed by atoms with E-state index >= 15 is 0 Å². The molecule has 0 amide bonds. The van der Waals surface area contributed by atoms with Gasteiger partial charge in [0.1, 0.15) is 11.6 Å². The first-order valence-electron chi connectivity index (χ1n) is 9.34. The molecule has 3 aromatic carbocycles. The molecule has 0 saturated heterocycles. The molecule has 0 fully saturated rings. The van der Waals surface area contributed by atoms with Crippen molar-refractivity contribution in [2.45, 2.75) is 13.0 Å². The van der Waals surface area contributed by atoms with Gasteiger partial charge in [-0.25, -0.2) is 4.39 Å². The number of nitrogens with one attached hydrogen (secondary N) is 1. The van der Waals surface area contributed by atoms with Crippen LogP contribution in [0.1, 0.15) is 11.1 Å². The lowest BCUT2D eigenvalue weighted by Crippen LogP contribution is -2.16. The smallest absolute Gasteiger partial charge is 0.345 e. The zero-order chi connectivity index (χ0) is 19.9. The number of benzene rings is 3. The van der Waals surface area contributed by atoms with E-state index in [0.29, 0.717) is 18.3 Å². The Kier molecular flexibility index (Phi) is 7.48. The Hall–Kier alpha value is -3.29. The lowest BCUT2D eigenvalue weighted by atomic mass is 10.1. The van der Waals surface area contributed by atoms with Crippen LogP contribution in [-0.4, -0.2) is 26.8 Å². The molecule has 1 aromatic heterocycles. The van der Waals surface area contributed by atoms with Gasteiger partial charge in [0.05, 0.1) is 5.69 Å². The Bertz CT molecular complexity index is 1060. The second kappa shape index (κ2) is 10.5. The van der Waals surface area contributed by atoms with Crippen LogP contribution in [0.5, 0.6) is 11.8 Å². The Morgan fingerprint density at radius 3 is 2.50 bits per heavy atom. The van der Waals surface area contributed by atoms with Crippen molar-refractivity contribution in [2.75, 3.05) is 6.54 Å². The summed E-state index contributed by atoms with van der Waals surface area (Å²) in [6.07, 6.45) is 0.836. The van der Waals surface area contributed by atoms with Crippen molar-refractivity contribution in [3.8, 4) is 17.4 Å². The van der Waals surface area contributed by atoms with Gasteiger partial charge in [-0.1, -0.05) is 47.6 Å². The van der Waals surface area contributed by atoms with E-state index in [1.807, 2.05) is 66.7 Å². The molecular formula is C22H21ClFN5O. The molecule has 30 heavy (non-hydrogen) atoms. The van der Waals surface area contributed by atoms with Crippen LogP contribution in [-0.2, 0) is 13.0 Å². The lowest BCUT2D eigenvalue weighted by Gasteiger charge is -2.09. The monoisotopic (exact) mass is 425 g/mol. The second-order valence-electron chi connectivity index (χ2n) is 6.51. The van der Waals surface area contributed by atoms with Gasteiger partial charge in [-0.15, -0.1) is 12.4 Å². The third kappa shape index (κ3) is 5.62. The van der Waals surface area contributed by atoms with Crippen LogP contribution in [0.3, 0.4) is 0 Å². The van der Waals surface area contributed by atoms with Crippen molar-refractivity contribution in [3.63, 3.8) is 0 Å². The van der Waals surface area contributed by atoms with Crippen LogP contribution < -0.4 is 10.1 Å². The summed E-state index contributed by atoms with van der Waals surface area (Å²) in [6, 6.07) is 24.2. The third-order valence-electron chi connectivity index (χ3n) is 4.38. The molecule has 0 spiro atoms. The van der Waals surface area contributed by atoms with Gasteiger partial charge < -0.3 is 10.1 Å². The summed E-state index contributed by atoms with van der Waals surface area (Å²) in [5.74, 6) is 0.451. The van der Waals surface area contributed by atoms with Crippen molar-refractivity contribution in [2.24, 2.45) is 0 Å². The molecule has 8 heteroatoms. The fraction of sp³-hybridized carbons (Fsp3) is 0.136. The van der Waals surface area contributed by atoms with E-state index in [2.05, 4.69) is 20.8 Å². The first-order chi connectivity index (χ1) is 14.3. The highest BCUT2D eigenvalue weighted by Crippen LogP contribution is 2.22. The molecule has 4 aromatic rings. The number of para-hydroxylation sites is 1. The molecular weight excluding hydrogens is 405 g/mol. The summed E-state index contributed by atoms with van der Waals surface area (Å²) in [4.78, 5) is 0. The van der Waals surface area contributed by atoms with Gasteiger partial charge in [-0.3, -0.25) is 0 Å². The van der Waals surface area contributed by atoms with Crippen LogP contribution >= 0.6 is 12.4 Å². The van der Waals surface area contributed by atoms with Gasteiger partial charge in [0, 0.05) is 6.54 Å². The third-order valence-corrected chi connectivity index (χ3v) is 4.38. The highest BCUT2D eigenvalue weighted by molar-refractivity contribution is 5.85. The molecule has 0 aliphatic carbocycles. The first kappa shape index (κ1) is 21.4. The summed E-state index contributed by atoms with van der Waals surface area (Å²) in [5, 5.41) is 15.1. The molecule has 1 N–H and O–H groups in total. The van der Waals surface area contributed by atoms with Gasteiger partial charge in [0.15, 0.2) is 0 Å². The maximum atomic E-state index is 12.9. The summed E-state index contributed by atoms with van der Waals surface area (Å²) in [6.45, 7) is 1.49. The van der Waals surface area contributed by atoms with E-state index in [4.69, 9.17) is 4.74 Å². The highest BCUT2D eigenvalue weighted by atomic mass is 35.5. The Balaban J connectivity index is 0.00000256.